The molecule has 3 rings (SSSR count). The van der Waals surface area contributed by atoms with Crippen molar-refractivity contribution in [1.29, 1.82) is 0 Å². The second-order valence-corrected chi connectivity index (χ2v) is 6.57. The molecule has 104 valence electrons. The van der Waals surface area contributed by atoms with E-state index in [4.69, 9.17) is 0 Å². The first kappa shape index (κ1) is 13.0. The third-order valence-electron chi connectivity index (χ3n) is 5.06. The molecule has 0 aliphatic heterocycles. The van der Waals surface area contributed by atoms with Crippen LogP contribution in [-0.4, -0.2) is 10.2 Å². The van der Waals surface area contributed by atoms with Crippen molar-refractivity contribution in [2.75, 3.05) is 0 Å². The fourth-order valence-electron chi connectivity index (χ4n) is 3.57. The fraction of sp³-hybridized carbons (Fsp3) is 0.333. The predicted octanol–water partition coefficient (Wildman–Crippen LogP) is 3.99. The molecular formula is C18H20O2. The van der Waals surface area contributed by atoms with E-state index < -0.39 is 0 Å². The molecule has 0 saturated heterocycles. The largest absolute Gasteiger partial charge is 0.508 e. The maximum Gasteiger partial charge on any atom is 0.115 e. The molecule has 0 fully saturated rings. The summed E-state index contributed by atoms with van der Waals surface area (Å²) < 4.78 is 0. The zero-order valence-electron chi connectivity index (χ0n) is 12.1. The van der Waals surface area contributed by atoms with Crippen molar-refractivity contribution in [3.05, 3.63) is 59.2 Å². The average Bonchev–Trinajstić information content (AvgIpc) is 2.57. The zero-order chi connectivity index (χ0) is 14.5. The molecule has 0 heterocycles. The Kier molecular flexibility index (Phi) is 2.62. The van der Waals surface area contributed by atoms with Gasteiger partial charge in [0.05, 0.1) is 0 Å². The molecule has 0 spiro atoms. The molecule has 20 heavy (non-hydrogen) atoms. The topological polar surface area (TPSA) is 40.5 Å². The van der Waals surface area contributed by atoms with Gasteiger partial charge in [0.1, 0.15) is 11.5 Å². The van der Waals surface area contributed by atoms with Gasteiger partial charge in [0.2, 0.25) is 0 Å². The van der Waals surface area contributed by atoms with E-state index in [1.165, 1.54) is 16.7 Å². The van der Waals surface area contributed by atoms with Gasteiger partial charge in [-0.05, 0) is 52.8 Å². The molecule has 2 aromatic carbocycles. The highest BCUT2D eigenvalue weighted by molar-refractivity contribution is 5.53. The van der Waals surface area contributed by atoms with Crippen LogP contribution in [0.5, 0.6) is 11.5 Å². The Hall–Kier alpha value is -1.96. The van der Waals surface area contributed by atoms with E-state index in [2.05, 4.69) is 20.8 Å². The van der Waals surface area contributed by atoms with E-state index in [9.17, 15) is 10.2 Å². The number of hydrogen-bond donors (Lipinski definition) is 2. The summed E-state index contributed by atoms with van der Waals surface area (Å²) in [7, 11) is 0. The molecule has 0 bridgehead atoms. The molecule has 0 saturated carbocycles. The summed E-state index contributed by atoms with van der Waals surface area (Å²) in [6, 6.07) is 13.2. The monoisotopic (exact) mass is 268 g/mol. The van der Waals surface area contributed by atoms with Crippen molar-refractivity contribution < 1.29 is 10.2 Å². The normalized spacial score (nSPS) is 23.6. The predicted molar refractivity (Wildman–Crippen MR) is 80.2 cm³/mol. The van der Waals surface area contributed by atoms with Gasteiger partial charge in [0.25, 0.3) is 0 Å². The molecule has 2 heteroatoms. The van der Waals surface area contributed by atoms with E-state index in [1.807, 2.05) is 24.3 Å². The van der Waals surface area contributed by atoms with Crippen LogP contribution in [-0.2, 0) is 11.8 Å². The maximum absolute atomic E-state index is 9.71. The molecule has 2 N–H and O–H groups in total. The van der Waals surface area contributed by atoms with Crippen molar-refractivity contribution in [2.45, 2.75) is 32.6 Å². The van der Waals surface area contributed by atoms with Crippen LogP contribution in [0, 0.1) is 5.41 Å². The Balaban J connectivity index is 2.23. The summed E-state index contributed by atoms with van der Waals surface area (Å²) in [6.07, 6.45) is 0.939. The highest BCUT2D eigenvalue weighted by atomic mass is 16.3. The second-order valence-electron chi connectivity index (χ2n) is 6.57. The molecular weight excluding hydrogens is 248 g/mol. The van der Waals surface area contributed by atoms with Gasteiger partial charge in [-0.2, -0.15) is 0 Å². The first-order valence-corrected chi connectivity index (χ1v) is 6.96. The summed E-state index contributed by atoms with van der Waals surface area (Å²) in [5.74, 6) is 0.619. The fourth-order valence-corrected chi connectivity index (χ4v) is 3.57. The number of aromatic hydroxyl groups is 2. The van der Waals surface area contributed by atoms with Gasteiger partial charge in [0, 0.05) is 5.41 Å². The summed E-state index contributed by atoms with van der Waals surface area (Å²) in [5.41, 5.74) is 3.62. The van der Waals surface area contributed by atoms with Crippen molar-refractivity contribution >= 4 is 0 Å². The lowest BCUT2D eigenvalue weighted by molar-refractivity contribution is 0.247. The van der Waals surface area contributed by atoms with Gasteiger partial charge in [0.15, 0.2) is 0 Å². The van der Waals surface area contributed by atoms with E-state index in [1.54, 1.807) is 18.2 Å². The molecule has 1 atom stereocenters. The molecule has 1 aliphatic carbocycles. The first-order chi connectivity index (χ1) is 9.34. The average molecular weight is 268 g/mol. The van der Waals surface area contributed by atoms with Crippen molar-refractivity contribution in [3.8, 4) is 11.5 Å². The van der Waals surface area contributed by atoms with Crippen LogP contribution in [0.4, 0.5) is 0 Å². The van der Waals surface area contributed by atoms with Crippen LogP contribution in [0.2, 0.25) is 0 Å². The molecule has 2 aromatic rings. The minimum absolute atomic E-state index is 0.0557. The molecule has 0 aromatic heterocycles. The smallest absolute Gasteiger partial charge is 0.115 e. The minimum atomic E-state index is -0.121. The van der Waals surface area contributed by atoms with E-state index in [-0.39, 0.29) is 10.8 Å². The quantitative estimate of drug-likeness (QED) is 0.821. The third kappa shape index (κ3) is 1.64. The lowest BCUT2D eigenvalue weighted by Crippen LogP contribution is -2.36. The van der Waals surface area contributed by atoms with Crippen LogP contribution >= 0.6 is 0 Å². The first-order valence-electron chi connectivity index (χ1n) is 6.96. The van der Waals surface area contributed by atoms with Gasteiger partial charge in [-0.1, -0.05) is 39.0 Å². The number of rotatable bonds is 1. The van der Waals surface area contributed by atoms with Crippen LogP contribution in [0.15, 0.2) is 42.5 Å². The van der Waals surface area contributed by atoms with E-state index >= 15 is 0 Å². The SMILES string of the molecule is CC1(C)Cc2cc(O)ccc2C1(C)c1ccc(O)cc1. The van der Waals surface area contributed by atoms with Crippen LogP contribution in [0.1, 0.15) is 37.5 Å². The molecule has 2 nitrogen and oxygen atoms in total. The van der Waals surface area contributed by atoms with Crippen molar-refractivity contribution in [2.24, 2.45) is 5.41 Å². The van der Waals surface area contributed by atoms with Crippen molar-refractivity contribution in [1.82, 2.24) is 0 Å². The minimum Gasteiger partial charge on any atom is -0.508 e. The number of fused-ring (bicyclic) bond motifs is 1. The van der Waals surface area contributed by atoms with E-state index in [0.29, 0.717) is 11.5 Å². The van der Waals surface area contributed by atoms with Gasteiger partial charge in [-0.3, -0.25) is 0 Å². The lowest BCUT2D eigenvalue weighted by atomic mass is 9.63. The highest BCUT2D eigenvalue weighted by Crippen LogP contribution is 2.55. The maximum atomic E-state index is 9.71. The van der Waals surface area contributed by atoms with Crippen molar-refractivity contribution in [3.63, 3.8) is 0 Å². The standard InChI is InChI=1S/C18H20O2/c1-17(2)11-12-10-15(20)8-9-16(12)18(17,3)13-4-6-14(19)7-5-13/h4-10,19-20H,11H2,1-3H3. The Morgan fingerprint density at radius 2 is 1.45 bits per heavy atom. The number of hydrogen-bond acceptors (Lipinski definition) is 2. The Morgan fingerprint density at radius 3 is 2.10 bits per heavy atom. The summed E-state index contributed by atoms with van der Waals surface area (Å²) in [6.45, 7) is 6.77. The van der Waals surface area contributed by atoms with Crippen LogP contribution < -0.4 is 0 Å². The molecule has 1 aliphatic rings. The van der Waals surface area contributed by atoms with Crippen LogP contribution in [0.25, 0.3) is 0 Å². The number of phenolic OH excluding ortho intramolecular Hbond substituents is 2. The Labute approximate surface area is 119 Å². The number of phenols is 2. The molecule has 0 radical (unpaired) electrons. The zero-order valence-corrected chi connectivity index (χ0v) is 12.1. The summed E-state index contributed by atoms with van der Waals surface area (Å²) in [5, 5.41) is 19.2. The molecule has 1 unspecified atom stereocenters. The third-order valence-corrected chi connectivity index (χ3v) is 5.06. The Bertz CT molecular complexity index is 656. The summed E-state index contributed by atoms with van der Waals surface area (Å²) in [4.78, 5) is 0. The van der Waals surface area contributed by atoms with Gasteiger partial charge >= 0.3 is 0 Å². The Morgan fingerprint density at radius 1 is 0.850 bits per heavy atom. The summed E-state index contributed by atoms with van der Waals surface area (Å²) >= 11 is 0. The lowest BCUT2D eigenvalue weighted by Gasteiger charge is -2.40. The van der Waals surface area contributed by atoms with Crippen LogP contribution in [0.3, 0.4) is 0 Å². The second kappa shape index (κ2) is 4.02. The number of benzene rings is 2. The highest BCUT2D eigenvalue weighted by Gasteiger charge is 2.49. The van der Waals surface area contributed by atoms with E-state index in [0.717, 1.165) is 6.42 Å². The van der Waals surface area contributed by atoms with Gasteiger partial charge in [-0.15, -0.1) is 0 Å². The molecule has 0 amide bonds. The van der Waals surface area contributed by atoms with Gasteiger partial charge < -0.3 is 10.2 Å². The van der Waals surface area contributed by atoms with Gasteiger partial charge in [-0.25, -0.2) is 0 Å².